The first-order valence-electron chi connectivity index (χ1n) is 5.67. The molecule has 2 aromatic rings. The second-order valence-electron chi connectivity index (χ2n) is 4.29. The van der Waals surface area contributed by atoms with Gasteiger partial charge >= 0.3 is 0 Å². The first-order valence-corrected chi connectivity index (χ1v) is 7.15. The van der Waals surface area contributed by atoms with Crippen molar-refractivity contribution in [2.45, 2.75) is 11.8 Å². The molecule has 20 heavy (non-hydrogen) atoms. The van der Waals surface area contributed by atoms with E-state index in [1.165, 1.54) is 24.3 Å². The lowest BCUT2D eigenvalue weighted by molar-refractivity contribution is 0.477. The number of rotatable bonds is 3. The summed E-state index contributed by atoms with van der Waals surface area (Å²) < 4.78 is 39.8. The van der Waals surface area contributed by atoms with Gasteiger partial charge < -0.3 is 10.8 Å². The molecule has 0 unspecified atom stereocenters. The molecule has 0 saturated carbocycles. The lowest BCUT2D eigenvalue weighted by Crippen LogP contribution is -2.13. The van der Waals surface area contributed by atoms with Crippen LogP contribution < -0.4 is 10.5 Å². The summed E-state index contributed by atoms with van der Waals surface area (Å²) in [6, 6.07) is 7.54. The van der Waals surface area contributed by atoms with E-state index in [0.29, 0.717) is 5.56 Å². The van der Waals surface area contributed by atoms with Gasteiger partial charge in [-0.15, -0.1) is 0 Å². The molecule has 0 fully saturated rings. The molecule has 7 heteroatoms. The van der Waals surface area contributed by atoms with Crippen LogP contribution in [0.3, 0.4) is 0 Å². The molecular formula is C13H13FN2O3S. The summed E-state index contributed by atoms with van der Waals surface area (Å²) in [6.45, 7) is 1.58. The predicted octanol–water partition coefficient (Wildman–Crippen LogP) is 2.22. The molecule has 2 aromatic carbocycles. The van der Waals surface area contributed by atoms with Gasteiger partial charge in [0.1, 0.15) is 11.6 Å². The van der Waals surface area contributed by atoms with Crippen molar-refractivity contribution in [2.75, 3.05) is 10.5 Å². The van der Waals surface area contributed by atoms with E-state index >= 15 is 0 Å². The van der Waals surface area contributed by atoms with Gasteiger partial charge in [-0.3, -0.25) is 4.72 Å². The number of hydrogen-bond donors (Lipinski definition) is 3. The van der Waals surface area contributed by atoms with Crippen molar-refractivity contribution in [3.63, 3.8) is 0 Å². The summed E-state index contributed by atoms with van der Waals surface area (Å²) in [6.07, 6.45) is 0. The highest BCUT2D eigenvalue weighted by atomic mass is 32.2. The predicted molar refractivity (Wildman–Crippen MR) is 74.5 cm³/mol. The molecule has 106 valence electrons. The fourth-order valence-electron chi connectivity index (χ4n) is 1.57. The summed E-state index contributed by atoms with van der Waals surface area (Å²) in [5.41, 5.74) is 5.93. The number of halogens is 1. The van der Waals surface area contributed by atoms with Crippen molar-refractivity contribution >= 4 is 21.4 Å². The lowest BCUT2D eigenvalue weighted by atomic mass is 10.2. The smallest absolute Gasteiger partial charge is 0.261 e. The molecule has 2 rings (SSSR count). The zero-order valence-corrected chi connectivity index (χ0v) is 11.4. The topological polar surface area (TPSA) is 92.4 Å². The van der Waals surface area contributed by atoms with E-state index in [1.807, 2.05) is 0 Å². The van der Waals surface area contributed by atoms with Gasteiger partial charge in [0.15, 0.2) is 0 Å². The third kappa shape index (κ3) is 2.83. The number of nitrogen functional groups attached to an aromatic ring is 1. The second kappa shape index (κ2) is 5.01. The molecule has 0 aliphatic rings. The summed E-state index contributed by atoms with van der Waals surface area (Å²) in [5.74, 6) is -0.708. The number of nitrogens with one attached hydrogen (secondary N) is 1. The van der Waals surface area contributed by atoms with Crippen LogP contribution in [0, 0.1) is 12.7 Å². The van der Waals surface area contributed by atoms with Crippen molar-refractivity contribution < 1.29 is 17.9 Å². The highest BCUT2D eigenvalue weighted by Gasteiger charge is 2.16. The standard InChI is InChI=1S/C13H13FN2O3S/c1-8-2-3-9(6-11(8)14)16-20(18,19)10-4-5-13(17)12(15)7-10/h2-7,16-17H,15H2,1H3. The Bertz CT molecular complexity index is 760. The van der Waals surface area contributed by atoms with E-state index in [-0.39, 0.29) is 22.0 Å². The molecule has 4 N–H and O–H groups in total. The van der Waals surface area contributed by atoms with Crippen LogP contribution in [0.25, 0.3) is 0 Å². The summed E-state index contributed by atoms with van der Waals surface area (Å²) in [4.78, 5) is -0.117. The van der Waals surface area contributed by atoms with Crippen LogP contribution in [0.2, 0.25) is 0 Å². The lowest BCUT2D eigenvalue weighted by Gasteiger charge is -2.10. The van der Waals surface area contributed by atoms with Crippen LogP contribution >= 0.6 is 0 Å². The maximum absolute atomic E-state index is 13.4. The van der Waals surface area contributed by atoms with E-state index in [1.54, 1.807) is 6.92 Å². The van der Waals surface area contributed by atoms with Gasteiger partial charge in [-0.1, -0.05) is 6.07 Å². The molecule has 5 nitrogen and oxygen atoms in total. The number of anilines is 2. The molecule has 0 aliphatic carbocycles. The Balaban J connectivity index is 2.35. The fraction of sp³-hybridized carbons (Fsp3) is 0.0769. The van der Waals surface area contributed by atoms with Crippen LogP contribution in [0.4, 0.5) is 15.8 Å². The second-order valence-corrected chi connectivity index (χ2v) is 5.97. The normalized spacial score (nSPS) is 11.3. The van der Waals surface area contributed by atoms with Gasteiger partial charge in [0.25, 0.3) is 10.0 Å². The molecule has 0 aromatic heterocycles. The van der Waals surface area contributed by atoms with E-state index in [0.717, 1.165) is 12.1 Å². The summed E-state index contributed by atoms with van der Waals surface area (Å²) >= 11 is 0. The average molecular weight is 296 g/mol. The summed E-state index contributed by atoms with van der Waals surface area (Å²) in [7, 11) is -3.89. The maximum Gasteiger partial charge on any atom is 0.261 e. The zero-order valence-electron chi connectivity index (χ0n) is 10.6. The Morgan fingerprint density at radius 1 is 1.20 bits per heavy atom. The Hall–Kier alpha value is -2.28. The minimum Gasteiger partial charge on any atom is -0.506 e. The van der Waals surface area contributed by atoms with E-state index in [4.69, 9.17) is 5.73 Å². The highest BCUT2D eigenvalue weighted by molar-refractivity contribution is 7.92. The van der Waals surface area contributed by atoms with Crippen LogP contribution in [0.15, 0.2) is 41.3 Å². The van der Waals surface area contributed by atoms with E-state index < -0.39 is 15.8 Å². The number of benzene rings is 2. The van der Waals surface area contributed by atoms with Crippen LogP contribution in [0.5, 0.6) is 5.75 Å². The third-order valence-electron chi connectivity index (χ3n) is 2.73. The van der Waals surface area contributed by atoms with Crippen LogP contribution in [-0.4, -0.2) is 13.5 Å². The van der Waals surface area contributed by atoms with Gasteiger partial charge in [0, 0.05) is 0 Å². The van der Waals surface area contributed by atoms with Crippen LogP contribution in [0.1, 0.15) is 5.56 Å². The monoisotopic (exact) mass is 296 g/mol. The number of aromatic hydroxyl groups is 1. The van der Waals surface area contributed by atoms with E-state index in [9.17, 15) is 17.9 Å². The zero-order chi connectivity index (χ0) is 14.9. The number of phenols is 1. The van der Waals surface area contributed by atoms with Gasteiger partial charge in [0.05, 0.1) is 16.3 Å². The number of hydrogen-bond acceptors (Lipinski definition) is 4. The first-order chi connectivity index (χ1) is 9.29. The van der Waals surface area contributed by atoms with Crippen molar-refractivity contribution in [1.29, 1.82) is 0 Å². The number of aryl methyl sites for hydroxylation is 1. The molecule has 0 bridgehead atoms. The molecule has 0 radical (unpaired) electrons. The Morgan fingerprint density at radius 3 is 2.50 bits per heavy atom. The van der Waals surface area contributed by atoms with Gasteiger partial charge in [-0.05, 0) is 42.8 Å². The molecule has 0 aliphatic heterocycles. The molecular weight excluding hydrogens is 283 g/mol. The number of phenolic OH excluding ortho intramolecular Hbond substituents is 1. The molecule has 0 heterocycles. The largest absolute Gasteiger partial charge is 0.506 e. The first kappa shape index (κ1) is 14.1. The SMILES string of the molecule is Cc1ccc(NS(=O)(=O)c2ccc(O)c(N)c2)cc1F. The van der Waals surface area contributed by atoms with Crippen molar-refractivity contribution in [2.24, 2.45) is 0 Å². The average Bonchev–Trinajstić information content (AvgIpc) is 2.37. The van der Waals surface area contributed by atoms with Gasteiger partial charge in [-0.25, -0.2) is 12.8 Å². The van der Waals surface area contributed by atoms with Gasteiger partial charge in [0.2, 0.25) is 0 Å². The Morgan fingerprint density at radius 2 is 1.90 bits per heavy atom. The minimum atomic E-state index is -3.89. The highest BCUT2D eigenvalue weighted by Crippen LogP contribution is 2.25. The summed E-state index contributed by atoms with van der Waals surface area (Å²) in [5, 5.41) is 9.28. The molecule has 0 saturated heterocycles. The molecule has 0 atom stereocenters. The number of nitrogens with two attached hydrogens (primary N) is 1. The van der Waals surface area contributed by atoms with Crippen molar-refractivity contribution in [3.05, 3.63) is 47.8 Å². The minimum absolute atomic E-state index is 0.0528. The quantitative estimate of drug-likeness (QED) is 0.598. The molecule has 0 amide bonds. The maximum atomic E-state index is 13.4. The van der Waals surface area contributed by atoms with Gasteiger partial charge in [-0.2, -0.15) is 0 Å². The third-order valence-corrected chi connectivity index (χ3v) is 4.11. The van der Waals surface area contributed by atoms with E-state index in [2.05, 4.69) is 4.72 Å². The fourth-order valence-corrected chi connectivity index (χ4v) is 2.65. The Kier molecular flexibility index (Phi) is 3.54. The number of sulfonamides is 1. The molecule has 0 spiro atoms. The van der Waals surface area contributed by atoms with Crippen LogP contribution in [-0.2, 0) is 10.0 Å². The van der Waals surface area contributed by atoms with Crippen molar-refractivity contribution in [1.82, 2.24) is 0 Å². The van der Waals surface area contributed by atoms with Crippen molar-refractivity contribution in [3.8, 4) is 5.75 Å². The Labute approximate surface area is 115 Å².